The molecule has 0 saturated carbocycles. The van der Waals surface area contributed by atoms with Crippen molar-refractivity contribution < 1.29 is 32.7 Å². The van der Waals surface area contributed by atoms with Gasteiger partial charge in [-0.3, -0.25) is 0 Å². The fraction of sp³-hybridized carbons (Fsp3) is 0.455. The number of ether oxygens (including phenoxy) is 2. The molecule has 0 amide bonds. The molecule has 0 aliphatic carbocycles. The van der Waals surface area contributed by atoms with Crippen LogP contribution in [0.5, 0.6) is 5.75 Å². The average molecular weight is 723 g/mol. The van der Waals surface area contributed by atoms with Crippen molar-refractivity contribution in [1.29, 1.82) is 0 Å². The molecule has 0 spiro atoms. The molecule has 1 aliphatic rings. The van der Waals surface area contributed by atoms with Gasteiger partial charge in [-0.25, -0.2) is 0 Å². The summed E-state index contributed by atoms with van der Waals surface area (Å²) in [6.07, 6.45) is -2.34. The Morgan fingerprint density at radius 2 is 1.97 bits per heavy atom. The Bertz CT molecular complexity index is 1180. The van der Waals surface area contributed by atoms with Gasteiger partial charge in [-0.2, -0.15) is 0 Å². The van der Waals surface area contributed by atoms with Crippen molar-refractivity contribution in [2.24, 2.45) is 5.92 Å². The molecule has 17 heteroatoms. The molecule has 12 atom stereocenters. The van der Waals surface area contributed by atoms with E-state index in [1.807, 2.05) is 38.1 Å². The van der Waals surface area contributed by atoms with E-state index >= 15 is 0 Å². The van der Waals surface area contributed by atoms with Crippen LogP contribution in [-0.4, -0.2) is 36.6 Å². The molecular weight excluding hydrogens is 690 g/mol. The summed E-state index contributed by atoms with van der Waals surface area (Å²) in [4.78, 5) is 0. The third-order valence-corrected chi connectivity index (χ3v) is 17.1. The van der Waals surface area contributed by atoms with Crippen LogP contribution in [-0.2, 0) is 28.6 Å². The zero-order valence-electron chi connectivity index (χ0n) is 21.2. The molecule has 1 N–H and O–H groups in total. The Balaban J connectivity index is 2.12. The van der Waals surface area contributed by atoms with E-state index in [1.165, 1.54) is 0 Å². The van der Waals surface area contributed by atoms with Gasteiger partial charge in [-0.1, -0.05) is 0 Å². The predicted molar refractivity (Wildman–Crippen MR) is 180 cm³/mol. The number of rotatable bonds is 13. The topological polar surface area (TPSA) is 75.6 Å². The normalized spacial score (nSPS) is 27.1. The Morgan fingerprint density at radius 3 is 2.56 bits per heavy atom. The van der Waals surface area contributed by atoms with Gasteiger partial charge in [-0.15, -0.1) is 0 Å². The molecule has 214 valence electrons. The first kappa shape index (κ1) is 35.5. The number of hydrogen-bond acceptors (Lipinski definition) is 7. The molecule has 7 unspecified atom stereocenters. The molecule has 1 aliphatic heterocycles. The van der Waals surface area contributed by atoms with Crippen molar-refractivity contribution in [2.75, 3.05) is 13.2 Å². The van der Waals surface area contributed by atoms with Gasteiger partial charge in [0.15, 0.2) is 0 Å². The molecule has 1 saturated heterocycles. The van der Waals surface area contributed by atoms with Crippen LogP contribution >= 0.6 is 87.3 Å². The number of benzene rings is 2. The van der Waals surface area contributed by atoms with Crippen molar-refractivity contribution in [2.45, 2.75) is 44.1 Å². The first-order chi connectivity index (χ1) is 18.7. The van der Waals surface area contributed by atoms with E-state index in [0.29, 0.717) is 38.8 Å². The van der Waals surface area contributed by atoms with Crippen molar-refractivity contribution in [3.63, 3.8) is 0 Å². The van der Waals surface area contributed by atoms with E-state index in [-0.39, 0.29) is 12.5 Å². The molecule has 2 aromatic rings. The van der Waals surface area contributed by atoms with Crippen LogP contribution in [0.1, 0.15) is 36.6 Å². The third kappa shape index (κ3) is 9.04. The Labute approximate surface area is 252 Å². The molecule has 0 aromatic heterocycles. The van der Waals surface area contributed by atoms with Crippen LogP contribution in [0.25, 0.3) is 0 Å². The maximum absolute atomic E-state index is 12.3. The predicted octanol–water partition coefficient (Wildman–Crippen LogP) is 9.01. The Hall–Kier alpha value is 2.03. The minimum atomic E-state index is -1.86. The summed E-state index contributed by atoms with van der Waals surface area (Å²) >= 11 is 6.70. The number of hydrogen-bond donors (Lipinski definition) is 1. The molecule has 39 heavy (non-hydrogen) atoms. The first-order valence-corrected chi connectivity index (χ1v) is 23.1. The van der Waals surface area contributed by atoms with Crippen molar-refractivity contribution in [1.82, 2.24) is 0 Å². The van der Waals surface area contributed by atoms with E-state index in [0.717, 1.165) is 18.3 Å². The first-order valence-electron chi connectivity index (χ1n) is 11.7. The maximum atomic E-state index is 12.3. The van der Waals surface area contributed by atoms with Crippen LogP contribution in [0, 0.1) is 5.92 Å². The second kappa shape index (κ2) is 17.5. The second-order valence-corrected chi connectivity index (χ2v) is 21.2. The molecule has 2 aromatic carbocycles. The third-order valence-electron chi connectivity index (χ3n) is 6.26. The molecule has 3 rings (SSSR count). The summed E-state index contributed by atoms with van der Waals surface area (Å²) in [6.45, 7) is 5.50. The van der Waals surface area contributed by atoms with Crippen LogP contribution < -0.4 is 4.74 Å². The van der Waals surface area contributed by atoms with E-state index in [1.54, 1.807) is 18.2 Å². The zero-order valence-corrected chi connectivity index (χ0v) is 31.2. The standard InChI is InChI=1S/C22H32ClO7P9/c1-3-25-15-7-4-13(5-8-15)20(28-32)16-10-14(6-9-17(16)23)22(24)21(30-39(35)38-34)19(29-36-37-33)12(2)18(27-22)11-26-31/h4-10,12,18-21,24,38H,3,11,31-32,34-35H2,1-2H3/t12-,18-,19+,20?,21-,22+,39?/m1/s1. The fourth-order valence-electron chi connectivity index (χ4n) is 4.34. The van der Waals surface area contributed by atoms with E-state index in [4.69, 9.17) is 39.2 Å². The van der Waals surface area contributed by atoms with Crippen molar-refractivity contribution >= 4 is 87.3 Å². The van der Waals surface area contributed by atoms with Crippen molar-refractivity contribution in [3.05, 3.63) is 64.2 Å². The number of aliphatic hydroxyl groups is 1. The molecule has 1 fully saturated rings. The minimum absolute atomic E-state index is 0.140. The summed E-state index contributed by atoms with van der Waals surface area (Å²) in [6, 6.07) is 12.9. The summed E-state index contributed by atoms with van der Waals surface area (Å²) in [7, 11) is 14.4. The van der Waals surface area contributed by atoms with E-state index in [9.17, 15) is 5.11 Å². The van der Waals surface area contributed by atoms with Gasteiger partial charge in [-0.05, 0) is 6.92 Å². The monoisotopic (exact) mass is 722 g/mol. The Morgan fingerprint density at radius 1 is 1.26 bits per heavy atom. The van der Waals surface area contributed by atoms with Gasteiger partial charge >= 0.3 is 229 Å². The SMILES string of the molecule is CCOc1ccc(C(OP)c2cc([C@]3(O)O[C@H](COP)[C@@H](C)[C@H](OP=P#P)[C@H]3OP(P)PP)ccc2Cl)cc1. The van der Waals surface area contributed by atoms with E-state index in [2.05, 4.69) is 45.1 Å². The molecule has 7 nitrogen and oxygen atoms in total. The Kier molecular flexibility index (Phi) is 15.9. The van der Waals surface area contributed by atoms with E-state index < -0.39 is 37.7 Å². The van der Waals surface area contributed by atoms with Crippen molar-refractivity contribution in [3.8, 4) is 5.75 Å². The van der Waals surface area contributed by atoms with Gasteiger partial charge in [0.05, 0.1) is 6.61 Å². The second-order valence-electron chi connectivity index (χ2n) is 8.52. The summed E-state index contributed by atoms with van der Waals surface area (Å²) in [5.74, 6) is -1.24. The quantitative estimate of drug-likeness (QED) is 0.207. The van der Waals surface area contributed by atoms with Gasteiger partial charge in [0.25, 0.3) is 0 Å². The van der Waals surface area contributed by atoms with Crippen LogP contribution in [0.2, 0.25) is 5.02 Å². The fourth-order valence-corrected chi connectivity index (χ4v) is 8.37. The molecule has 0 radical (unpaired) electrons. The average Bonchev–Trinajstić information content (AvgIpc) is 2.93. The summed E-state index contributed by atoms with van der Waals surface area (Å²) in [5.41, 5.74) is 2.00. The number of halogens is 1. The molecule has 1 heterocycles. The van der Waals surface area contributed by atoms with Gasteiger partial charge in [0.2, 0.25) is 0 Å². The van der Waals surface area contributed by atoms with Gasteiger partial charge in [0, 0.05) is 0 Å². The zero-order chi connectivity index (χ0) is 28.6. The van der Waals surface area contributed by atoms with Crippen LogP contribution in [0.3, 0.4) is 0 Å². The summed E-state index contributed by atoms with van der Waals surface area (Å²) in [5, 5.41) is 12.8. The molecule has 0 bridgehead atoms. The van der Waals surface area contributed by atoms with Gasteiger partial charge in [0.1, 0.15) is 5.75 Å². The molecular formula is C22H32ClO7P9. The summed E-state index contributed by atoms with van der Waals surface area (Å²) < 4.78 is 35.8. The van der Waals surface area contributed by atoms with Crippen LogP contribution in [0.4, 0.5) is 0 Å². The van der Waals surface area contributed by atoms with Crippen LogP contribution in [0.15, 0.2) is 42.5 Å². The van der Waals surface area contributed by atoms with Gasteiger partial charge < -0.3 is 4.74 Å².